The molecule has 5 heteroatoms. The van der Waals surface area contributed by atoms with Gasteiger partial charge in [-0.3, -0.25) is 5.01 Å². The Morgan fingerprint density at radius 3 is 2.64 bits per heavy atom. The van der Waals surface area contributed by atoms with Gasteiger partial charge in [-0.15, -0.1) is 0 Å². The molecule has 1 aliphatic heterocycles. The number of hydrazone groups is 1. The maximum atomic E-state index is 13.3. The zero-order chi connectivity index (χ0) is 8.65. The number of alkyl halides is 1. The topological polar surface area (TPSA) is 52.9 Å². The summed E-state index contributed by atoms with van der Waals surface area (Å²) < 4.78 is 13.3. The van der Waals surface area contributed by atoms with Crippen LogP contribution >= 0.6 is 0 Å². The molecule has 0 amide bonds. The van der Waals surface area contributed by atoms with Crippen LogP contribution in [-0.2, 0) is 4.79 Å². The summed E-state index contributed by atoms with van der Waals surface area (Å²) in [6.07, 6.45) is 0. The van der Waals surface area contributed by atoms with Gasteiger partial charge in [0.25, 0.3) is 5.67 Å². The highest BCUT2D eigenvalue weighted by molar-refractivity contribution is 6.09. The van der Waals surface area contributed by atoms with Gasteiger partial charge < -0.3 is 5.11 Å². The van der Waals surface area contributed by atoms with Gasteiger partial charge in [0, 0.05) is 7.05 Å². The Bertz CT molecular complexity index is 229. The molecule has 1 unspecified atom stereocenters. The normalized spacial score (nSPS) is 30.5. The van der Waals surface area contributed by atoms with Crippen molar-refractivity contribution in [3.63, 3.8) is 0 Å². The van der Waals surface area contributed by atoms with Gasteiger partial charge >= 0.3 is 5.97 Å². The highest BCUT2D eigenvalue weighted by atomic mass is 19.1. The van der Waals surface area contributed by atoms with E-state index in [4.69, 9.17) is 5.11 Å². The molecule has 0 saturated carbocycles. The van der Waals surface area contributed by atoms with Crippen LogP contribution in [0.5, 0.6) is 0 Å². The molecular weight excluding hydrogens is 151 g/mol. The average Bonchev–Trinajstić information content (AvgIpc) is 2.08. The molecule has 4 nitrogen and oxygen atoms in total. The van der Waals surface area contributed by atoms with E-state index >= 15 is 0 Å². The van der Waals surface area contributed by atoms with E-state index in [1.54, 1.807) is 0 Å². The molecule has 11 heavy (non-hydrogen) atoms. The Labute approximate surface area is 63.3 Å². The summed E-state index contributed by atoms with van der Waals surface area (Å²) in [7, 11) is 1.54. The smallest absolute Gasteiger partial charge is 0.349 e. The Kier molecular flexibility index (Phi) is 1.58. The van der Waals surface area contributed by atoms with Crippen LogP contribution in [0.1, 0.15) is 6.92 Å². The number of nitrogens with zero attached hydrogens (tertiary/aromatic N) is 2. The van der Waals surface area contributed by atoms with Gasteiger partial charge in [-0.2, -0.15) is 5.10 Å². The van der Waals surface area contributed by atoms with Crippen LogP contribution in [-0.4, -0.2) is 41.1 Å². The Morgan fingerprint density at radius 2 is 2.45 bits per heavy atom. The van der Waals surface area contributed by atoms with Gasteiger partial charge in [0.2, 0.25) is 0 Å². The fraction of sp³-hybridized carbons (Fsp3) is 0.667. The molecule has 1 heterocycles. The number of hydrogen-bond donors (Lipinski definition) is 1. The lowest BCUT2D eigenvalue weighted by Gasteiger charge is -2.13. The molecule has 0 fully saturated rings. The van der Waals surface area contributed by atoms with Crippen LogP contribution in [0, 0.1) is 0 Å². The average molecular weight is 160 g/mol. The summed E-state index contributed by atoms with van der Waals surface area (Å²) in [5, 5.41) is 13.4. The molecule has 0 bridgehead atoms. The van der Waals surface area contributed by atoms with Crippen LogP contribution in [0.15, 0.2) is 5.10 Å². The van der Waals surface area contributed by atoms with Crippen molar-refractivity contribution in [3.8, 4) is 0 Å². The SMILES string of the molecule is CC1=NN(C)CC1(F)C(=O)O. The molecule has 1 atom stereocenters. The minimum Gasteiger partial charge on any atom is -0.479 e. The minimum atomic E-state index is -2.28. The van der Waals surface area contributed by atoms with E-state index in [1.807, 2.05) is 0 Å². The van der Waals surface area contributed by atoms with Crippen molar-refractivity contribution >= 4 is 11.7 Å². The quantitative estimate of drug-likeness (QED) is 0.592. The lowest BCUT2D eigenvalue weighted by molar-refractivity contribution is -0.146. The lowest BCUT2D eigenvalue weighted by atomic mass is 10.0. The number of carboxylic acids is 1. The van der Waals surface area contributed by atoms with Crippen LogP contribution < -0.4 is 0 Å². The molecule has 0 spiro atoms. The van der Waals surface area contributed by atoms with Crippen molar-refractivity contribution in [1.29, 1.82) is 0 Å². The van der Waals surface area contributed by atoms with Crippen LogP contribution in [0.3, 0.4) is 0 Å². The summed E-state index contributed by atoms with van der Waals surface area (Å²) >= 11 is 0. The van der Waals surface area contributed by atoms with E-state index in [0.717, 1.165) is 0 Å². The number of halogens is 1. The first kappa shape index (κ1) is 7.97. The number of hydrogen-bond acceptors (Lipinski definition) is 3. The number of aliphatic carboxylic acids is 1. The third-order valence-electron chi connectivity index (χ3n) is 1.68. The van der Waals surface area contributed by atoms with E-state index in [1.165, 1.54) is 19.0 Å². The van der Waals surface area contributed by atoms with Gasteiger partial charge in [0.1, 0.15) is 0 Å². The molecule has 62 valence electrons. The van der Waals surface area contributed by atoms with Crippen molar-refractivity contribution in [2.45, 2.75) is 12.6 Å². The summed E-state index contributed by atoms with van der Waals surface area (Å²) in [5.74, 6) is -1.47. The predicted octanol–water partition coefficient (Wildman–Crippen LogP) is 0.101. The maximum Gasteiger partial charge on any atom is 0.349 e. The van der Waals surface area contributed by atoms with Crippen molar-refractivity contribution in [1.82, 2.24) is 5.01 Å². The van der Waals surface area contributed by atoms with Gasteiger partial charge in [0.05, 0.1) is 12.3 Å². The van der Waals surface area contributed by atoms with Crippen molar-refractivity contribution in [2.75, 3.05) is 13.6 Å². The Hall–Kier alpha value is -1.13. The van der Waals surface area contributed by atoms with E-state index in [9.17, 15) is 9.18 Å². The second kappa shape index (κ2) is 2.18. The lowest BCUT2D eigenvalue weighted by Crippen LogP contribution is -2.43. The van der Waals surface area contributed by atoms with Gasteiger partial charge in [0.15, 0.2) is 0 Å². The first-order valence-electron chi connectivity index (χ1n) is 3.16. The summed E-state index contributed by atoms with van der Waals surface area (Å²) in [4.78, 5) is 10.4. The fourth-order valence-corrected chi connectivity index (χ4v) is 1.02. The molecule has 0 aromatic carbocycles. The first-order valence-corrected chi connectivity index (χ1v) is 3.16. The largest absolute Gasteiger partial charge is 0.479 e. The molecule has 1 N–H and O–H groups in total. The molecule has 0 aromatic rings. The fourth-order valence-electron chi connectivity index (χ4n) is 1.02. The monoisotopic (exact) mass is 160 g/mol. The summed E-state index contributed by atoms with van der Waals surface area (Å²) in [5.41, 5.74) is -2.28. The maximum absolute atomic E-state index is 13.3. The number of carbonyl (C=O) groups is 1. The minimum absolute atomic E-state index is 0.00694. The van der Waals surface area contributed by atoms with E-state index in [-0.39, 0.29) is 12.3 Å². The second-order valence-corrected chi connectivity index (χ2v) is 2.61. The van der Waals surface area contributed by atoms with E-state index in [0.29, 0.717) is 0 Å². The van der Waals surface area contributed by atoms with Crippen molar-refractivity contribution in [2.24, 2.45) is 5.10 Å². The zero-order valence-electron chi connectivity index (χ0n) is 6.33. The van der Waals surface area contributed by atoms with Gasteiger partial charge in [-0.05, 0) is 6.92 Å². The third-order valence-corrected chi connectivity index (χ3v) is 1.68. The number of rotatable bonds is 1. The van der Waals surface area contributed by atoms with Gasteiger partial charge in [-0.1, -0.05) is 0 Å². The van der Waals surface area contributed by atoms with Crippen LogP contribution in [0.2, 0.25) is 0 Å². The number of carboxylic acid groups (broad SMARTS) is 1. The molecule has 0 radical (unpaired) electrons. The van der Waals surface area contributed by atoms with E-state index < -0.39 is 11.6 Å². The standard InChI is InChI=1S/C6H9FN2O2/c1-4-6(7,5(10)11)3-9(2)8-4/h3H2,1-2H3,(H,10,11). The van der Waals surface area contributed by atoms with Crippen molar-refractivity contribution < 1.29 is 14.3 Å². The summed E-state index contributed by atoms with van der Waals surface area (Å²) in [6.45, 7) is 1.17. The molecule has 0 aliphatic carbocycles. The molecule has 0 saturated heterocycles. The van der Waals surface area contributed by atoms with E-state index in [2.05, 4.69) is 5.10 Å². The second-order valence-electron chi connectivity index (χ2n) is 2.61. The highest BCUT2D eigenvalue weighted by Gasteiger charge is 2.47. The summed E-state index contributed by atoms with van der Waals surface area (Å²) in [6, 6.07) is 0. The third kappa shape index (κ3) is 1.06. The molecule has 1 rings (SSSR count). The zero-order valence-corrected chi connectivity index (χ0v) is 6.33. The van der Waals surface area contributed by atoms with Crippen LogP contribution in [0.25, 0.3) is 0 Å². The highest BCUT2D eigenvalue weighted by Crippen LogP contribution is 2.21. The molecular formula is C6H9FN2O2. The van der Waals surface area contributed by atoms with Crippen molar-refractivity contribution in [3.05, 3.63) is 0 Å². The molecule has 0 aromatic heterocycles. The van der Waals surface area contributed by atoms with Crippen LogP contribution in [0.4, 0.5) is 4.39 Å². The van der Waals surface area contributed by atoms with Gasteiger partial charge in [-0.25, -0.2) is 9.18 Å². The Balaban J connectivity index is 2.92. The Morgan fingerprint density at radius 1 is 1.91 bits per heavy atom. The predicted molar refractivity (Wildman–Crippen MR) is 37.2 cm³/mol. The molecule has 1 aliphatic rings. The first-order chi connectivity index (χ1) is 4.97.